The van der Waals surface area contributed by atoms with Gasteiger partial charge in [-0.15, -0.1) is 0 Å². The third-order valence-corrected chi connectivity index (χ3v) is 6.83. The fourth-order valence-corrected chi connectivity index (χ4v) is 5.71. The predicted octanol–water partition coefficient (Wildman–Crippen LogP) is 4.89. The van der Waals surface area contributed by atoms with E-state index in [1.807, 2.05) is 18.2 Å². The van der Waals surface area contributed by atoms with Crippen molar-refractivity contribution >= 4 is 55.3 Å². The molecule has 0 amide bonds. The van der Waals surface area contributed by atoms with Gasteiger partial charge in [0.25, 0.3) is 0 Å². The molecule has 2 aromatic rings. The van der Waals surface area contributed by atoms with Gasteiger partial charge in [-0.1, -0.05) is 24.3 Å². The molecular formula is C25H21Br2NO6. The predicted molar refractivity (Wildman–Crippen MR) is 132 cm³/mol. The summed E-state index contributed by atoms with van der Waals surface area (Å²) in [5.41, 5.74) is 4.17. The summed E-state index contributed by atoms with van der Waals surface area (Å²) in [4.78, 5) is 38.1. The van der Waals surface area contributed by atoms with Gasteiger partial charge in [0.05, 0.1) is 33.9 Å². The molecule has 1 heterocycles. The first-order valence-electron chi connectivity index (χ1n) is 10.5. The van der Waals surface area contributed by atoms with Crippen LogP contribution in [0.3, 0.4) is 0 Å². The first kappa shape index (κ1) is 24.2. The number of hydrogen-bond donors (Lipinski definition) is 1. The zero-order chi connectivity index (χ0) is 24.6. The number of fused-ring (bicyclic) bond motifs is 2. The Hall–Kier alpha value is -2.91. The van der Waals surface area contributed by atoms with Gasteiger partial charge in [0.15, 0.2) is 12.4 Å². The second-order valence-electron chi connectivity index (χ2n) is 7.66. The van der Waals surface area contributed by atoms with Crippen molar-refractivity contribution in [3.05, 3.63) is 78.9 Å². The number of ketones is 1. The lowest BCUT2D eigenvalue weighted by atomic mass is 9.80. The summed E-state index contributed by atoms with van der Waals surface area (Å²) in [5, 5.41) is 3.25. The molecule has 1 aliphatic heterocycles. The Morgan fingerprint density at radius 2 is 1.74 bits per heavy atom. The lowest BCUT2D eigenvalue weighted by Gasteiger charge is -2.29. The van der Waals surface area contributed by atoms with Crippen LogP contribution in [0, 0.1) is 0 Å². The molecule has 9 heteroatoms. The van der Waals surface area contributed by atoms with Crippen LogP contribution < -0.4 is 10.1 Å². The summed E-state index contributed by atoms with van der Waals surface area (Å²) >= 11 is 7.01. The lowest BCUT2D eigenvalue weighted by Crippen LogP contribution is -2.29. The average molecular weight is 591 g/mol. The Bertz CT molecular complexity index is 1260. The second-order valence-corrected chi connectivity index (χ2v) is 9.37. The fraction of sp³-hybridized carbons (Fsp3) is 0.240. The Labute approximate surface area is 213 Å². The van der Waals surface area contributed by atoms with E-state index in [9.17, 15) is 14.4 Å². The van der Waals surface area contributed by atoms with Gasteiger partial charge in [-0.25, -0.2) is 9.59 Å². The van der Waals surface area contributed by atoms with Crippen molar-refractivity contribution in [2.75, 3.05) is 20.3 Å². The first-order valence-corrected chi connectivity index (χ1v) is 12.1. The molecule has 0 bridgehead atoms. The largest absolute Gasteiger partial charge is 0.480 e. The van der Waals surface area contributed by atoms with Crippen LogP contribution in [-0.2, 0) is 19.1 Å². The van der Waals surface area contributed by atoms with Crippen LogP contribution in [0.15, 0.2) is 62.2 Å². The highest BCUT2D eigenvalue weighted by atomic mass is 79.9. The van der Waals surface area contributed by atoms with E-state index >= 15 is 0 Å². The van der Waals surface area contributed by atoms with E-state index in [4.69, 9.17) is 14.2 Å². The van der Waals surface area contributed by atoms with Gasteiger partial charge < -0.3 is 19.5 Å². The Balaban J connectivity index is 1.81. The number of dihydropyridines is 1. The normalized spacial score (nSPS) is 16.6. The van der Waals surface area contributed by atoms with E-state index in [1.165, 1.54) is 7.11 Å². The number of hydrogen-bond acceptors (Lipinski definition) is 7. The molecule has 0 spiro atoms. The minimum absolute atomic E-state index is 0.146. The van der Waals surface area contributed by atoms with Gasteiger partial charge >= 0.3 is 11.9 Å². The summed E-state index contributed by atoms with van der Waals surface area (Å²) in [6.07, 6.45) is 0. The number of halogens is 2. The lowest BCUT2D eigenvalue weighted by molar-refractivity contribution is -0.145. The maximum absolute atomic E-state index is 13.5. The molecule has 2 aromatic carbocycles. The van der Waals surface area contributed by atoms with Crippen LogP contribution in [0.2, 0.25) is 0 Å². The number of allylic oxidation sites excluding steroid dienone is 2. The van der Waals surface area contributed by atoms with Gasteiger partial charge in [-0.2, -0.15) is 0 Å². The summed E-state index contributed by atoms with van der Waals surface area (Å²) in [5.74, 6) is -1.43. The van der Waals surface area contributed by atoms with Gasteiger partial charge in [0.1, 0.15) is 5.75 Å². The number of esters is 2. The Morgan fingerprint density at radius 3 is 2.35 bits per heavy atom. The average Bonchev–Trinajstić information content (AvgIpc) is 3.09. The van der Waals surface area contributed by atoms with E-state index in [-0.39, 0.29) is 19.0 Å². The number of carbonyl (C=O) groups is 3. The van der Waals surface area contributed by atoms with E-state index in [0.717, 1.165) is 5.56 Å². The van der Waals surface area contributed by atoms with Crippen molar-refractivity contribution in [2.45, 2.75) is 19.8 Å². The molecule has 34 heavy (non-hydrogen) atoms. The molecule has 1 aliphatic carbocycles. The van der Waals surface area contributed by atoms with Gasteiger partial charge in [-0.3, -0.25) is 4.79 Å². The molecule has 0 saturated heterocycles. The third-order valence-electron chi connectivity index (χ3n) is 5.65. The van der Waals surface area contributed by atoms with Crippen molar-refractivity contribution in [3.63, 3.8) is 0 Å². The number of methoxy groups -OCH3 is 1. The van der Waals surface area contributed by atoms with E-state index in [2.05, 4.69) is 37.2 Å². The molecule has 0 fully saturated rings. The molecule has 4 rings (SSSR count). The molecule has 0 unspecified atom stereocenters. The highest BCUT2D eigenvalue weighted by molar-refractivity contribution is 9.11. The van der Waals surface area contributed by atoms with Crippen molar-refractivity contribution in [1.29, 1.82) is 0 Å². The number of rotatable bonds is 6. The number of nitrogens with one attached hydrogen (secondary N) is 1. The third kappa shape index (κ3) is 4.18. The number of ether oxygens (including phenoxy) is 3. The second kappa shape index (κ2) is 9.76. The monoisotopic (exact) mass is 589 g/mol. The van der Waals surface area contributed by atoms with Crippen molar-refractivity contribution < 1.29 is 28.6 Å². The molecule has 0 aromatic heterocycles. The molecule has 2 aliphatic rings. The molecule has 1 atom stereocenters. The van der Waals surface area contributed by atoms with Crippen LogP contribution in [0.5, 0.6) is 5.75 Å². The maximum Gasteiger partial charge on any atom is 0.344 e. The van der Waals surface area contributed by atoms with Crippen LogP contribution >= 0.6 is 31.9 Å². The Morgan fingerprint density at radius 1 is 1.09 bits per heavy atom. The van der Waals surface area contributed by atoms with E-state index < -0.39 is 17.9 Å². The molecule has 0 saturated carbocycles. The van der Waals surface area contributed by atoms with E-state index in [1.54, 1.807) is 32.0 Å². The molecule has 7 nitrogen and oxygen atoms in total. The topological polar surface area (TPSA) is 90.9 Å². The van der Waals surface area contributed by atoms with Crippen LogP contribution in [-0.4, -0.2) is 38.0 Å². The molecule has 176 valence electrons. The highest BCUT2D eigenvalue weighted by Crippen LogP contribution is 2.48. The fourth-order valence-electron chi connectivity index (χ4n) is 4.26. The Kier molecular flexibility index (Phi) is 6.95. The smallest absolute Gasteiger partial charge is 0.344 e. The molecular weight excluding hydrogens is 570 g/mol. The summed E-state index contributed by atoms with van der Waals surface area (Å²) in [6, 6.07) is 10.9. The molecule has 1 N–H and O–H groups in total. The van der Waals surface area contributed by atoms with Crippen LogP contribution in [0.25, 0.3) is 5.70 Å². The standard InChI is InChI=1S/C25H21Br2NO6/c1-4-33-18(29)11-34-24-16(26)9-13(10-17(24)27)20-19(25(31)32-3)12(2)28-22-14-7-5-6-8-15(14)23(30)21(20)22/h5-10,20,28H,4,11H2,1-3H3/t20-/m0/s1. The van der Waals surface area contributed by atoms with Crippen LogP contribution in [0.4, 0.5) is 0 Å². The van der Waals surface area contributed by atoms with Crippen LogP contribution in [0.1, 0.15) is 41.3 Å². The minimum Gasteiger partial charge on any atom is -0.480 e. The summed E-state index contributed by atoms with van der Waals surface area (Å²) in [6.45, 7) is 3.51. The van der Waals surface area contributed by atoms with Crippen molar-refractivity contribution in [2.24, 2.45) is 0 Å². The zero-order valence-corrected chi connectivity index (χ0v) is 21.8. The number of benzene rings is 2. The highest BCUT2D eigenvalue weighted by Gasteiger charge is 2.43. The molecule has 0 radical (unpaired) electrons. The van der Waals surface area contributed by atoms with Crippen molar-refractivity contribution in [1.82, 2.24) is 5.32 Å². The SMILES string of the molecule is CCOC(=O)COc1c(Br)cc([C@H]2C(C(=O)OC)=C(C)NC3=C2C(=O)c2ccccc23)cc1Br. The quantitative estimate of drug-likeness (QED) is 0.479. The van der Waals surface area contributed by atoms with Gasteiger partial charge in [-0.05, 0) is 63.4 Å². The first-order chi connectivity index (χ1) is 16.3. The summed E-state index contributed by atoms with van der Waals surface area (Å²) in [7, 11) is 1.31. The van der Waals surface area contributed by atoms with E-state index in [0.29, 0.717) is 48.4 Å². The van der Waals surface area contributed by atoms with Gasteiger partial charge in [0.2, 0.25) is 0 Å². The van der Waals surface area contributed by atoms with Gasteiger partial charge in [0, 0.05) is 28.3 Å². The maximum atomic E-state index is 13.5. The summed E-state index contributed by atoms with van der Waals surface area (Å²) < 4.78 is 16.7. The minimum atomic E-state index is -0.671. The number of Topliss-reactive ketones (excluding diaryl/α,β-unsaturated/α-hetero) is 1. The van der Waals surface area contributed by atoms with Crippen molar-refractivity contribution in [3.8, 4) is 5.75 Å². The zero-order valence-electron chi connectivity index (χ0n) is 18.7. The number of carbonyl (C=O) groups excluding carboxylic acids is 3.